The molecule has 30 heavy (non-hydrogen) atoms. The monoisotopic (exact) mass is 449 g/mol. The molecule has 0 spiro atoms. The number of nitrogens with one attached hydrogen (secondary N) is 3. The van der Waals surface area contributed by atoms with Crippen LogP contribution in [0.5, 0.6) is 0 Å². The summed E-state index contributed by atoms with van der Waals surface area (Å²) in [5.41, 5.74) is 10.6. The van der Waals surface area contributed by atoms with Gasteiger partial charge in [0, 0.05) is 6.42 Å². The summed E-state index contributed by atoms with van der Waals surface area (Å²) in [6, 6.07) is -4.78. The highest BCUT2D eigenvalue weighted by atomic mass is 32.2. The van der Waals surface area contributed by atoms with Crippen LogP contribution in [0.4, 0.5) is 0 Å². The molecule has 13 heteroatoms. The quantitative estimate of drug-likeness (QED) is 0.146. The van der Waals surface area contributed by atoms with Crippen molar-refractivity contribution in [3.63, 3.8) is 0 Å². The molecule has 0 aliphatic carbocycles. The summed E-state index contributed by atoms with van der Waals surface area (Å²) < 4.78 is 0. The Labute approximate surface area is 178 Å². The number of aliphatic hydroxyl groups excluding tert-OH is 1. The number of nitrogens with two attached hydrogens (primary N) is 2. The normalized spacial score (nSPS) is 15.8. The molecule has 0 heterocycles. The highest BCUT2D eigenvalue weighted by Crippen LogP contribution is 2.03. The zero-order valence-corrected chi connectivity index (χ0v) is 18.0. The highest BCUT2D eigenvalue weighted by molar-refractivity contribution is 7.98. The lowest BCUT2D eigenvalue weighted by atomic mass is 10.1. The Bertz CT molecular complexity index is 632. The van der Waals surface area contributed by atoms with Gasteiger partial charge >= 0.3 is 5.97 Å². The Morgan fingerprint density at radius 1 is 0.967 bits per heavy atom. The van der Waals surface area contributed by atoms with Gasteiger partial charge in [-0.25, -0.2) is 4.79 Å². The van der Waals surface area contributed by atoms with E-state index in [0.29, 0.717) is 5.75 Å². The largest absolute Gasteiger partial charge is 0.480 e. The van der Waals surface area contributed by atoms with Crippen molar-refractivity contribution in [2.45, 2.75) is 63.4 Å². The van der Waals surface area contributed by atoms with Crippen molar-refractivity contribution in [1.82, 2.24) is 16.0 Å². The number of hydrogen-bond donors (Lipinski definition) is 7. The molecule has 0 aromatic heterocycles. The number of carbonyl (C=O) groups is 5. The molecule has 0 aliphatic heterocycles. The molecule has 0 rings (SSSR count). The predicted molar refractivity (Wildman–Crippen MR) is 110 cm³/mol. The standard InChI is InChI=1S/C17H31N5O7S/c1-8(20-15(26)10(18)4-5-12(19)24)14(25)22-13(9(2)23)16(27)21-11(17(28)29)6-7-30-3/h8-11,13,23H,4-7,18H2,1-3H3,(H2,19,24)(H,20,26)(H,21,27)(H,22,25)(H,28,29). The van der Waals surface area contributed by atoms with Crippen LogP contribution in [0.1, 0.15) is 33.1 Å². The average molecular weight is 450 g/mol. The number of thioether (sulfide) groups is 1. The first-order valence-corrected chi connectivity index (χ1v) is 10.6. The van der Waals surface area contributed by atoms with Crippen LogP contribution >= 0.6 is 11.8 Å². The molecule has 0 aliphatic rings. The van der Waals surface area contributed by atoms with Crippen LogP contribution in [-0.4, -0.2) is 82.1 Å². The van der Waals surface area contributed by atoms with Crippen molar-refractivity contribution < 1.29 is 34.2 Å². The fraction of sp³-hybridized carbons (Fsp3) is 0.706. The molecule has 5 unspecified atom stereocenters. The zero-order chi connectivity index (χ0) is 23.4. The first-order valence-electron chi connectivity index (χ1n) is 9.25. The SMILES string of the molecule is CSCCC(NC(=O)C(NC(=O)C(C)NC(=O)C(N)CCC(N)=O)C(C)O)C(=O)O. The van der Waals surface area contributed by atoms with Crippen molar-refractivity contribution in [2.75, 3.05) is 12.0 Å². The molecule has 0 saturated carbocycles. The van der Waals surface area contributed by atoms with E-state index in [1.165, 1.54) is 25.6 Å². The van der Waals surface area contributed by atoms with Gasteiger partial charge in [0.15, 0.2) is 0 Å². The van der Waals surface area contributed by atoms with Gasteiger partial charge in [-0.3, -0.25) is 19.2 Å². The van der Waals surface area contributed by atoms with Crippen LogP contribution < -0.4 is 27.4 Å². The van der Waals surface area contributed by atoms with Crippen LogP contribution in [-0.2, 0) is 24.0 Å². The van der Waals surface area contributed by atoms with Gasteiger partial charge in [0.25, 0.3) is 0 Å². The minimum absolute atomic E-state index is 0.000827. The number of amides is 4. The van der Waals surface area contributed by atoms with Crippen molar-refractivity contribution in [1.29, 1.82) is 0 Å². The Morgan fingerprint density at radius 3 is 2.03 bits per heavy atom. The van der Waals surface area contributed by atoms with E-state index in [4.69, 9.17) is 11.5 Å². The molecule has 0 saturated heterocycles. The van der Waals surface area contributed by atoms with E-state index in [9.17, 15) is 34.2 Å². The van der Waals surface area contributed by atoms with Crippen LogP contribution in [0.2, 0.25) is 0 Å². The second-order valence-corrected chi connectivity index (χ2v) is 7.74. The van der Waals surface area contributed by atoms with E-state index in [0.717, 1.165) is 0 Å². The van der Waals surface area contributed by atoms with E-state index < -0.39 is 59.9 Å². The molecule has 5 atom stereocenters. The van der Waals surface area contributed by atoms with Gasteiger partial charge in [-0.15, -0.1) is 0 Å². The lowest BCUT2D eigenvalue weighted by Crippen LogP contribution is -2.59. The minimum atomic E-state index is -1.43. The molecule has 0 bridgehead atoms. The zero-order valence-electron chi connectivity index (χ0n) is 17.2. The second kappa shape index (κ2) is 13.8. The molecule has 4 amide bonds. The maximum atomic E-state index is 12.4. The molecule has 172 valence electrons. The van der Waals surface area contributed by atoms with E-state index in [1.54, 1.807) is 6.26 Å². The Hall–Kier alpha value is -2.38. The Morgan fingerprint density at radius 2 is 1.57 bits per heavy atom. The highest BCUT2D eigenvalue weighted by Gasteiger charge is 2.31. The number of aliphatic carboxylic acids is 1. The predicted octanol–water partition coefficient (Wildman–Crippen LogP) is -2.73. The smallest absolute Gasteiger partial charge is 0.326 e. The van der Waals surface area contributed by atoms with Gasteiger partial charge in [-0.05, 0) is 38.7 Å². The number of primary amides is 1. The maximum absolute atomic E-state index is 12.4. The number of carboxylic acid groups (broad SMARTS) is 1. The third-order valence-electron chi connectivity index (χ3n) is 4.08. The molecule has 0 aromatic rings. The molecular weight excluding hydrogens is 418 g/mol. The van der Waals surface area contributed by atoms with E-state index in [-0.39, 0.29) is 19.3 Å². The van der Waals surface area contributed by atoms with Gasteiger partial charge in [-0.2, -0.15) is 11.8 Å². The van der Waals surface area contributed by atoms with Gasteiger partial charge in [0.1, 0.15) is 18.1 Å². The van der Waals surface area contributed by atoms with Crippen molar-refractivity contribution in [3.05, 3.63) is 0 Å². The van der Waals surface area contributed by atoms with Gasteiger partial charge < -0.3 is 37.6 Å². The number of carbonyl (C=O) groups excluding carboxylic acids is 4. The van der Waals surface area contributed by atoms with Crippen LogP contribution in [0, 0.1) is 0 Å². The molecule has 0 fully saturated rings. The lowest BCUT2D eigenvalue weighted by Gasteiger charge is -2.25. The second-order valence-electron chi connectivity index (χ2n) is 6.75. The summed E-state index contributed by atoms with van der Waals surface area (Å²) in [5, 5.41) is 26.0. The first kappa shape index (κ1) is 27.6. The van der Waals surface area contributed by atoms with Gasteiger partial charge in [-0.1, -0.05) is 0 Å². The minimum Gasteiger partial charge on any atom is -0.480 e. The van der Waals surface area contributed by atoms with Crippen LogP contribution in [0.15, 0.2) is 0 Å². The topological polar surface area (TPSA) is 214 Å². The van der Waals surface area contributed by atoms with Crippen molar-refractivity contribution in [3.8, 4) is 0 Å². The summed E-state index contributed by atoms with van der Waals surface area (Å²) in [5.74, 6) is -3.72. The summed E-state index contributed by atoms with van der Waals surface area (Å²) >= 11 is 1.41. The lowest BCUT2D eigenvalue weighted by molar-refractivity contribution is -0.143. The number of carboxylic acids is 1. The Kier molecular flexibility index (Phi) is 12.7. The van der Waals surface area contributed by atoms with Crippen molar-refractivity contribution in [2.24, 2.45) is 11.5 Å². The van der Waals surface area contributed by atoms with Crippen molar-refractivity contribution >= 4 is 41.4 Å². The summed E-state index contributed by atoms with van der Waals surface area (Å²) in [7, 11) is 0. The molecule has 0 aromatic carbocycles. The van der Waals surface area contributed by atoms with E-state index in [2.05, 4.69) is 16.0 Å². The number of aliphatic hydroxyl groups is 1. The molecule has 0 radical (unpaired) electrons. The molecule has 9 N–H and O–H groups in total. The molecular formula is C17H31N5O7S. The fourth-order valence-corrected chi connectivity index (χ4v) is 2.72. The van der Waals surface area contributed by atoms with Crippen LogP contribution in [0.25, 0.3) is 0 Å². The van der Waals surface area contributed by atoms with Crippen LogP contribution in [0.3, 0.4) is 0 Å². The summed E-state index contributed by atoms with van der Waals surface area (Å²) in [4.78, 5) is 58.7. The third-order valence-corrected chi connectivity index (χ3v) is 4.72. The first-order chi connectivity index (χ1) is 13.9. The number of hydrogen-bond acceptors (Lipinski definition) is 8. The van der Waals surface area contributed by atoms with E-state index in [1.807, 2.05) is 0 Å². The van der Waals surface area contributed by atoms with E-state index >= 15 is 0 Å². The Balaban J connectivity index is 4.93. The summed E-state index contributed by atoms with van der Waals surface area (Å²) in [6.45, 7) is 2.59. The average Bonchev–Trinajstić information content (AvgIpc) is 2.65. The fourth-order valence-electron chi connectivity index (χ4n) is 2.25. The molecule has 12 nitrogen and oxygen atoms in total. The van der Waals surface area contributed by atoms with Gasteiger partial charge in [0.05, 0.1) is 12.1 Å². The maximum Gasteiger partial charge on any atom is 0.326 e. The number of rotatable bonds is 14. The summed E-state index contributed by atoms with van der Waals surface area (Å²) in [6.07, 6.45) is 0.527. The van der Waals surface area contributed by atoms with Gasteiger partial charge in [0.2, 0.25) is 23.6 Å². The third kappa shape index (κ3) is 10.4.